The largest absolute Gasteiger partial charge is 0.495 e. The third-order valence-corrected chi connectivity index (χ3v) is 7.63. The Hall–Kier alpha value is -3.38. The zero-order chi connectivity index (χ0) is 23.9. The first-order valence-electron chi connectivity index (χ1n) is 12.8. The molecule has 6 rings (SSSR count). The zero-order valence-electron chi connectivity index (χ0n) is 20.9. The normalized spacial score (nSPS) is 16.3. The van der Waals surface area contributed by atoms with Gasteiger partial charge in [0.15, 0.2) is 0 Å². The van der Waals surface area contributed by atoms with Crippen molar-refractivity contribution in [3.05, 3.63) is 65.9 Å². The lowest BCUT2D eigenvalue weighted by Crippen LogP contribution is -2.48. The Morgan fingerprint density at radius 3 is 2.49 bits per heavy atom. The predicted octanol–water partition coefficient (Wildman–Crippen LogP) is 5.12. The van der Waals surface area contributed by atoms with Crippen molar-refractivity contribution < 1.29 is 4.74 Å². The average molecular weight is 468 g/mol. The van der Waals surface area contributed by atoms with Gasteiger partial charge in [-0.05, 0) is 62.4 Å². The number of pyridine rings is 1. The van der Waals surface area contributed by atoms with Gasteiger partial charge in [-0.3, -0.25) is 4.90 Å². The first kappa shape index (κ1) is 22.1. The molecular weight excluding hydrogens is 434 g/mol. The van der Waals surface area contributed by atoms with Crippen LogP contribution in [0, 0.1) is 0 Å². The molecule has 2 aliphatic rings. The van der Waals surface area contributed by atoms with Crippen molar-refractivity contribution in [2.75, 3.05) is 38.2 Å². The van der Waals surface area contributed by atoms with Crippen LogP contribution in [0.15, 0.2) is 54.7 Å². The van der Waals surface area contributed by atoms with Crippen molar-refractivity contribution in [1.82, 2.24) is 19.7 Å². The van der Waals surface area contributed by atoms with Crippen LogP contribution >= 0.6 is 0 Å². The fourth-order valence-electron chi connectivity index (χ4n) is 5.59. The van der Waals surface area contributed by atoms with Gasteiger partial charge in [-0.1, -0.05) is 24.3 Å². The summed E-state index contributed by atoms with van der Waals surface area (Å²) in [7, 11) is 1.68. The Labute approximate surface area is 207 Å². The topological polar surface area (TPSA) is 46.4 Å². The second-order valence-corrected chi connectivity index (χ2v) is 9.94. The minimum Gasteiger partial charge on any atom is -0.495 e. The van der Waals surface area contributed by atoms with Crippen molar-refractivity contribution in [1.29, 1.82) is 0 Å². The number of hydrogen-bond acceptors (Lipinski definition) is 5. The number of aromatic nitrogens is 3. The van der Waals surface area contributed by atoms with Gasteiger partial charge in [-0.15, -0.1) is 0 Å². The summed E-state index contributed by atoms with van der Waals surface area (Å²) in [6.45, 7) is 8.91. The van der Waals surface area contributed by atoms with E-state index in [1.54, 1.807) is 13.3 Å². The third-order valence-electron chi connectivity index (χ3n) is 7.63. The van der Waals surface area contributed by atoms with E-state index in [1.165, 1.54) is 23.2 Å². The minimum absolute atomic E-state index is 0.611. The van der Waals surface area contributed by atoms with Crippen LogP contribution in [-0.4, -0.2) is 59.0 Å². The van der Waals surface area contributed by atoms with Gasteiger partial charge in [-0.2, -0.15) is 5.10 Å². The molecule has 0 bridgehead atoms. The predicted molar refractivity (Wildman–Crippen MR) is 142 cm³/mol. The van der Waals surface area contributed by atoms with E-state index in [4.69, 9.17) is 14.8 Å². The van der Waals surface area contributed by atoms with Crippen LogP contribution in [0.2, 0.25) is 0 Å². The fraction of sp³-hybridized carbons (Fsp3) is 0.379. The molecule has 6 heteroatoms. The number of nitrogens with zero attached hydrogens (tertiary/aromatic N) is 5. The summed E-state index contributed by atoms with van der Waals surface area (Å²) >= 11 is 0. The maximum atomic E-state index is 5.51. The lowest BCUT2D eigenvalue weighted by atomic mass is 10.1. The number of methoxy groups -OCH3 is 1. The SMILES string of the molecule is COc1cnc2c(-c3ccc(N4CCN(C(C)C)CC4)cc3)nn(-c3cccc4c3CCC4)c2c1. The molecule has 1 fully saturated rings. The van der Waals surface area contributed by atoms with Crippen LogP contribution in [0.25, 0.3) is 28.0 Å². The monoisotopic (exact) mass is 467 g/mol. The summed E-state index contributed by atoms with van der Waals surface area (Å²) < 4.78 is 7.59. The van der Waals surface area contributed by atoms with Crippen LogP contribution in [0.5, 0.6) is 5.75 Å². The van der Waals surface area contributed by atoms with Crippen LogP contribution in [0.3, 0.4) is 0 Å². The second-order valence-electron chi connectivity index (χ2n) is 9.94. The van der Waals surface area contributed by atoms with E-state index in [-0.39, 0.29) is 0 Å². The first-order chi connectivity index (χ1) is 17.1. The maximum absolute atomic E-state index is 5.51. The molecule has 0 N–H and O–H groups in total. The molecule has 0 unspecified atom stereocenters. The number of ether oxygens (including phenoxy) is 1. The molecule has 4 aromatic rings. The summed E-state index contributed by atoms with van der Waals surface area (Å²) in [5.74, 6) is 0.744. The third kappa shape index (κ3) is 3.96. The molecule has 0 atom stereocenters. The van der Waals surface area contributed by atoms with E-state index in [1.807, 2.05) is 0 Å². The van der Waals surface area contributed by atoms with Gasteiger partial charge in [0, 0.05) is 49.5 Å². The van der Waals surface area contributed by atoms with Crippen molar-refractivity contribution in [3.63, 3.8) is 0 Å². The Morgan fingerprint density at radius 1 is 0.943 bits per heavy atom. The minimum atomic E-state index is 0.611. The Morgan fingerprint density at radius 2 is 1.74 bits per heavy atom. The maximum Gasteiger partial charge on any atom is 0.139 e. The quantitative estimate of drug-likeness (QED) is 0.408. The van der Waals surface area contributed by atoms with E-state index in [0.29, 0.717) is 6.04 Å². The summed E-state index contributed by atoms with van der Waals surface area (Å²) in [5.41, 5.74) is 9.15. The number of anilines is 1. The fourth-order valence-corrected chi connectivity index (χ4v) is 5.59. The van der Waals surface area contributed by atoms with Crippen LogP contribution < -0.4 is 9.64 Å². The lowest BCUT2D eigenvalue weighted by molar-refractivity contribution is 0.209. The number of benzene rings is 2. The molecule has 0 amide bonds. The van der Waals surface area contributed by atoms with Gasteiger partial charge < -0.3 is 9.64 Å². The molecule has 35 heavy (non-hydrogen) atoms. The molecular formula is C29H33N5O. The molecule has 1 aliphatic heterocycles. The number of aryl methyl sites for hydroxylation is 1. The highest BCUT2D eigenvalue weighted by molar-refractivity contribution is 5.92. The van der Waals surface area contributed by atoms with E-state index < -0.39 is 0 Å². The molecule has 2 aromatic carbocycles. The highest BCUT2D eigenvalue weighted by Crippen LogP contribution is 2.34. The molecule has 6 nitrogen and oxygen atoms in total. The van der Waals surface area contributed by atoms with Crippen LogP contribution in [-0.2, 0) is 12.8 Å². The highest BCUT2D eigenvalue weighted by atomic mass is 16.5. The summed E-state index contributed by atoms with van der Waals surface area (Å²) in [4.78, 5) is 9.81. The van der Waals surface area contributed by atoms with Gasteiger partial charge in [0.2, 0.25) is 0 Å². The van der Waals surface area contributed by atoms with Crippen LogP contribution in [0.4, 0.5) is 5.69 Å². The van der Waals surface area contributed by atoms with Crippen LogP contribution in [0.1, 0.15) is 31.4 Å². The molecule has 0 radical (unpaired) electrons. The molecule has 180 valence electrons. The van der Waals surface area contributed by atoms with Crippen molar-refractivity contribution in [2.45, 2.75) is 39.2 Å². The average Bonchev–Trinajstić information content (AvgIpc) is 3.53. The molecule has 0 spiro atoms. The van der Waals surface area contributed by atoms with E-state index in [2.05, 4.69) is 76.9 Å². The number of piperazine rings is 1. The van der Waals surface area contributed by atoms with Gasteiger partial charge >= 0.3 is 0 Å². The van der Waals surface area contributed by atoms with E-state index in [0.717, 1.165) is 72.7 Å². The zero-order valence-corrected chi connectivity index (χ0v) is 20.9. The smallest absolute Gasteiger partial charge is 0.139 e. The second kappa shape index (κ2) is 9.00. The summed E-state index contributed by atoms with van der Waals surface area (Å²) in [5, 5.41) is 5.13. The van der Waals surface area contributed by atoms with Gasteiger partial charge in [0.1, 0.15) is 17.0 Å². The number of rotatable bonds is 5. The first-order valence-corrected chi connectivity index (χ1v) is 12.8. The summed E-state index contributed by atoms with van der Waals surface area (Å²) in [6.07, 6.45) is 5.23. The molecule has 3 heterocycles. The molecule has 0 saturated carbocycles. The molecule has 2 aromatic heterocycles. The number of hydrogen-bond donors (Lipinski definition) is 0. The Kier molecular flexibility index (Phi) is 5.69. The molecule has 1 saturated heterocycles. The van der Waals surface area contributed by atoms with Crippen molar-refractivity contribution >= 4 is 16.7 Å². The summed E-state index contributed by atoms with van der Waals surface area (Å²) in [6, 6.07) is 18.1. The van der Waals surface area contributed by atoms with Gasteiger partial charge in [0.25, 0.3) is 0 Å². The lowest BCUT2D eigenvalue weighted by Gasteiger charge is -2.38. The van der Waals surface area contributed by atoms with Crippen molar-refractivity contribution in [3.8, 4) is 22.7 Å². The number of fused-ring (bicyclic) bond motifs is 2. The Bertz CT molecular complexity index is 1350. The van der Waals surface area contributed by atoms with E-state index in [9.17, 15) is 0 Å². The highest BCUT2D eigenvalue weighted by Gasteiger charge is 2.22. The van der Waals surface area contributed by atoms with E-state index >= 15 is 0 Å². The Balaban J connectivity index is 1.38. The standard InChI is InChI=1S/C29H33N5O/c1-20(2)32-14-16-33(17-15-32)23-12-10-22(11-13-23)28-29-27(18-24(35-3)19-30-29)34(31-28)26-9-5-7-21-6-4-8-25(21)26/h5,7,9-13,18-20H,4,6,8,14-17H2,1-3H3. The molecule has 1 aliphatic carbocycles. The van der Waals surface area contributed by atoms with Gasteiger partial charge in [-0.25, -0.2) is 9.67 Å². The van der Waals surface area contributed by atoms with Crippen molar-refractivity contribution in [2.24, 2.45) is 0 Å². The van der Waals surface area contributed by atoms with Gasteiger partial charge in [0.05, 0.1) is 24.5 Å².